The number of nitrogens with zero attached hydrogens (tertiary/aromatic N) is 2. The lowest BCUT2D eigenvalue weighted by Crippen LogP contribution is -2.05. The van der Waals surface area contributed by atoms with Crippen LogP contribution in [0.2, 0.25) is 0 Å². The summed E-state index contributed by atoms with van der Waals surface area (Å²) in [5.74, 6) is 0. The highest BCUT2D eigenvalue weighted by Gasteiger charge is 2.10. The van der Waals surface area contributed by atoms with E-state index < -0.39 is 0 Å². The fraction of sp³-hybridized carbons (Fsp3) is 0.417. The van der Waals surface area contributed by atoms with E-state index in [4.69, 9.17) is 0 Å². The van der Waals surface area contributed by atoms with E-state index in [2.05, 4.69) is 38.5 Å². The van der Waals surface area contributed by atoms with E-state index in [9.17, 15) is 0 Å². The third-order valence-electron chi connectivity index (χ3n) is 2.31. The van der Waals surface area contributed by atoms with Crippen LogP contribution in [0.4, 0.5) is 0 Å². The van der Waals surface area contributed by atoms with E-state index in [-0.39, 0.29) is 0 Å². The predicted octanol–water partition coefficient (Wildman–Crippen LogP) is 3.28. The number of aryl methyl sites for hydroxylation is 1. The van der Waals surface area contributed by atoms with Gasteiger partial charge in [0.25, 0.3) is 0 Å². The van der Waals surface area contributed by atoms with Gasteiger partial charge in [0.05, 0.1) is 11.4 Å². The molecule has 0 amide bonds. The smallest absolute Gasteiger partial charge is 0.0644 e. The lowest BCUT2D eigenvalue weighted by atomic mass is 10.2. The molecular formula is C12H18N2. The molecule has 1 aromatic heterocycles. The Kier molecular flexibility index (Phi) is 3.28. The number of rotatable bonds is 3. The Morgan fingerprint density at radius 2 is 2.00 bits per heavy atom. The van der Waals surface area contributed by atoms with Crippen molar-refractivity contribution in [1.82, 2.24) is 9.78 Å². The van der Waals surface area contributed by atoms with Crippen LogP contribution in [0.5, 0.6) is 0 Å². The van der Waals surface area contributed by atoms with Crippen molar-refractivity contribution < 1.29 is 0 Å². The molecule has 1 heterocycles. The molecular weight excluding hydrogens is 172 g/mol. The first-order valence-corrected chi connectivity index (χ1v) is 4.92. The van der Waals surface area contributed by atoms with Gasteiger partial charge in [-0.3, -0.25) is 4.68 Å². The molecule has 0 aliphatic heterocycles. The van der Waals surface area contributed by atoms with Gasteiger partial charge in [-0.05, 0) is 39.3 Å². The molecule has 0 bridgehead atoms. The van der Waals surface area contributed by atoms with E-state index in [0.29, 0.717) is 6.04 Å². The second-order valence-corrected chi connectivity index (χ2v) is 3.73. The minimum Gasteiger partial charge on any atom is -0.262 e. The van der Waals surface area contributed by atoms with Crippen molar-refractivity contribution in [1.29, 1.82) is 0 Å². The number of hydrogen-bond donors (Lipinski definition) is 0. The Bertz CT molecular complexity index is 357. The van der Waals surface area contributed by atoms with Gasteiger partial charge in [-0.25, -0.2) is 0 Å². The fourth-order valence-electron chi connectivity index (χ4n) is 1.40. The zero-order valence-corrected chi connectivity index (χ0v) is 9.41. The monoisotopic (exact) mass is 190 g/mol. The average Bonchev–Trinajstić information content (AvgIpc) is 2.41. The van der Waals surface area contributed by atoms with E-state index in [1.807, 2.05) is 17.7 Å². The molecule has 2 nitrogen and oxygen atoms in total. The molecule has 0 radical (unpaired) electrons. The highest BCUT2D eigenvalue weighted by Crippen LogP contribution is 2.18. The third-order valence-corrected chi connectivity index (χ3v) is 2.31. The Hall–Kier alpha value is -1.31. The summed E-state index contributed by atoms with van der Waals surface area (Å²) in [6.07, 6.45) is 5.79. The van der Waals surface area contributed by atoms with E-state index in [1.54, 1.807) is 6.08 Å². The van der Waals surface area contributed by atoms with Gasteiger partial charge in [0.15, 0.2) is 0 Å². The minimum absolute atomic E-state index is 0.395. The van der Waals surface area contributed by atoms with E-state index in [1.165, 1.54) is 11.3 Å². The second kappa shape index (κ2) is 4.27. The molecule has 0 N–H and O–H groups in total. The summed E-state index contributed by atoms with van der Waals surface area (Å²) in [5, 5.41) is 4.49. The molecule has 1 aromatic rings. The SMILES string of the molecule is C=C/C=C\c1c(C)c(C)nn1C(C)C. The van der Waals surface area contributed by atoms with Gasteiger partial charge in [-0.15, -0.1) is 0 Å². The molecule has 76 valence electrons. The molecule has 0 unspecified atom stereocenters. The standard InChI is InChI=1S/C12H18N2/c1-6-7-8-12-10(4)11(5)13-14(12)9(2)3/h6-9H,1H2,2-5H3/b8-7-. The summed E-state index contributed by atoms with van der Waals surface area (Å²) >= 11 is 0. The summed E-state index contributed by atoms with van der Waals surface area (Å²) in [4.78, 5) is 0. The molecule has 1 rings (SSSR count). The minimum atomic E-state index is 0.395. The molecule has 0 saturated carbocycles. The maximum atomic E-state index is 4.49. The fourth-order valence-corrected chi connectivity index (χ4v) is 1.40. The van der Waals surface area contributed by atoms with Gasteiger partial charge in [0.1, 0.15) is 0 Å². The lowest BCUT2D eigenvalue weighted by Gasteiger charge is -2.08. The van der Waals surface area contributed by atoms with Crippen LogP contribution in [0.3, 0.4) is 0 Å². The van der Waals surface area contributed by atoms with Crippen LogP contribution in [0.25, 0.3) is 6.08 Å². The highest BCUT2D eigenvalue weighted by atomic mass is 15.3. The summed E-state index contributed by atoms with van der Waals surface area (Å²) in [5.41, 5.74) is 3.52. The van der Waals surface area contributed by atoms with Crippen molar-refractivity contribution in [3.63, 3.8) is 0 Å². The molecule has 0 atom stereocenters. The number of aromatic nitrogens is 2. The predicted molar refractivity (Wildman–Crippen MR) is 61.3 cm³/mol. The van der Waals surface area contributed by atoms with Crippen LogP contribution in [0.15, 0.2) is 18.7 Å². The molecule has 0 aliphatic carbocycles. The first-order chi connectivity index (χ1) is 6.57. The van der Waals surface area contributed by atoms with Gasteiger partial charge >= 0.3 is 0 Å². The second-order valence-electron chi connectivity index (χ2n) is 3.73. The van der Waals surface area contributed by atoms with Gasteiger partial charge in [0, 0.05) is 6.04 Å². The molecule has 0 spiro atoms. The summed E-state index contributed by atoms with van der Waals surface area (Å²) in [6.45, 7) is 12.1. The lowest BCUT2D eigenvalue weighted by molar-refractivity contribution is 0.525. The largest absolute Gasteiger partial charge is 0.262 e. The summed E-state index contributed by atoms with van der Waals surface area (Å²) < 4.78 is 2.05. The van der Waals surface area contributed by atoms with Gasteiger partial charge in [-0.2, -0.15) is 5.10 Å². The van der Waals surface area contributed by atoms with Crippen LogP contribution < -0.4 is 0 Å². The van der Waals surface area contributed by atoms with Crippen LogP contribution in [0.1, 0.15) is 36.8 Å². The topological polar surface area (TPSA) is 17.8 Å². The molecule has 14 heavy (non-hydrogen) atoms. The summed E-state index contributed by atoms with van der Waals surface area (Å²) in [6, 6.07) is 0.395. The molecule has 2 heteroatoms. The van der Waals surface area contributed by atoms with Crippen LogP contribution >= 0.6 is 0 Å². The van der Waals surface area contributed by atoms with Crippen LogP contribution in [-0.2, 0) is 0 Å². The van der Waals surface area contributed by atoms with E-state index >= 15 is 0 Å². The van der Waals surface area contributed by atoms with Crippen molar-refractivity contribution >= 4 is 6.08 Å². The maximum Gasteiger partial charge on any atom is 0.0644 e. The van der Waals surface area contributed by atoms with Gasteiger partial charge in [-0.1, -0.05) is 18.7 Å². The Morgan fingerprint density at radius 1 is 1.36 bits per heavy atom. The first kappa shape index (κ1) is 10.8. The highest BCUT2D eigenvalue weighted by molar-refractivity contribution is 5.52. The Balaban J connectivity index is 3.22. The zero-order chi connectivity index (χ0) is 10.7. The molecule has 0 saturated heterocycles. The van der Waals surface area contributed by atoms with Crippen molar-refractivity contribution in [2.24, 2.45) is 0 Å². The molecule has 0 aliphatic rings. The van der Waals surface area contributed by atoms with Crippen molar-refractivity contribution in [3.05, 3.63) is 35.7 Å². The molecule has 0 aromatic carbocycles. The van der Waals surface area contributed by atoms with Crippen LogP contribution in [0, 0.1) is 13.8 Å². The summed E-state index contributed by atoms with van der Waals surface area (Å²) in [7, 11) is 0. The molecule has 0 fully saturated rings. The third kappa shape index (κ3) is 1.95. The zero-order valence-electron chi connectivity index (χ0n) is 9.41. The normalized spacial score (nSPS) is 11.5. The Morgan fingerprint density at radius 3 is 2.50 bits per heavy atom. The van der Waals surface area contributed by atoms with Crippen molar-refractivity contribution in [2.45, 2.75) is 33.7 Å². The van der Waals surface area contributed by atoms with Crippen LogP contribution in [-0.4, -0.2) is 9.78 Å². The average molecular weight is 190 g/mol. The first-order valence-electron chi connectivity index (χ1n) is 4.92. The number of hydrogen-bond acceptors (Lipinski definition) is 1. The van der Waals surface area contributed by atoms with Gasteiger partial charge < -0.3 is 0 Å². The van der Waals surface area contributed by atoms with Gasteiger partial charge in [0.2, 0.25) is 0 Å². The maximum absolute atomic E-state index is 4.49. The van der Waals surface area contributed by atoms with E-state index in [0.717, 1.165) is 5.69 Å². The Labute approximate surface area is 85.9 Å². The number of allylic oxidation sites excluding steroid dienone is 2. The quantitative estimate of drug-likeness (QED) is 0.669. The van der Waals surface area contributed by atoms with Crippen molar-refractivity contribution in [3.8, 4) is 0 Å². The van der Waals surface area contributed by atoms with Crippen molar-refractivity contribution in [2.75, 3.05) is 0 Å².